The third kappa shape index (κ3) is 5.80. The standard InChI is InChI=1S/C25H32N4O4/c1-8-25(24(5,6)7,33-22(27)31)21(30)29-17-10-12-20(28-15-17)32-19-11-9-16(14-26)13-18(19)23(2,3)4/h9-13,15H,8H2,1-7H3,(H2,27,31)(H,29,30)/t25-/m0/s1. The van der Waals surface area contributed by atoms with Crippen molar-refractivity contribution in [3.8, 4) is 17.7 Å². The number of benzene rings is 1. The van der Waals surface area contributed by atoms with Crippen LogP contribution in [0.15, 0.2) is 36.5 Å². The Morgan fingerprint density at radius 3 is 2.24 bits per heavy atom. The van der Waals surface area contributed by atoms with Gasteiger partial charge in [-0.3, -0.25) is 4.79 Å². The molecule has 8 heteroatoms. The van der Waals surface area contributed by atoms with E-state index < -0.39 is 23.0 Å². The number of aromatic nitrogens is 1. The molecule has 0 saturated carbocycles. The minimum absolute atomic E-state index is 0.243. The molecule has 0 unspecified atom stereocenters. The summed E-state index contributed by atoms with van der Waals surface area (Å²) in [5.74, 6) is 0.432. The van der Waals surface area contributed by atoms with Gasteiger partial charge in [-0.25, -0.2) is 9.78 Å². The molecular weight excluding hydrogens is 420 g/mol. The van der Waals surface area contributed by atoms with Crippen LogP contribution in [0.4, 0.5) is 10.5 Å². The van der Waals surface area contributed by atoms with Crippen molar-refractivity contribution >= 4 is 17.7 Å². The molecule has 1 aromatic heterocycles. The Morgan fingerprint density at radius 2 is 1.79 bits per heavy atom. The summed E-state index contributed by atoms with van der Waals surface area (Å²) < 4.78 is 11.3. The van der Waals surface area contributed by atoms with Crippen molar-refractivity contribution in [2.45, 2.75) is 65.9 Å². The van der Waals surface area contributed by atoms with Crippen LogP contribution in [0.3, 0.4) is 0 Å². The van der Waals surface area contributed by atoms with E-state index in [1.165, 1.54) is 6.20 Å². The van der Waals surface area contributed by atoms with Crippen LogP contribution in [-0.4, -0.2) is 22.6 Å². The van der Waals surface area contributed by atoms with Crippen molar-refractivity contribution < 1.29 is 19.1 Å². The van der Waals surface area contributed by atoms with E-state index in [9.17, 15) is 14.9 Å². The average Bonchev–Trinajstić information content (AvgIpc) is 2.71. The Bertz CT molecular complexity index is 1060. The molecule has 1 atom stereocenters. The lowest BCUT2D eigenvalue weighted by atomic mass is 9.73. The summed E-state index contributed by atoms with van der Waals surface area (Å²) in [6.07, 6.45) is 0.690. The second kappa shape index (κ2) is 9.49. The lowest BCUT2D eigenvalue weighted by Gasteiger charge is -2.41. The van der Waals surface area contributed by atoms with Gasteiger partial charge >= 0.3 is 6.09 Å². The Hall–Kier alpha value is -3.60. The van der Waals surface area contributed by atoms with E-state index in [2.05, 4.69) is 16.4 Å². The van der Waals surface area contributed by atoms with Crippen LogP contribution in [0.25, 0.3) is 0 Å². The van der Waals surface area contributed by atoms with Crippen molar-refractivity contribution in [3.63, 3.8) is 0 Å². The van der Waals surface area contributed by atoms with Crippen LogP contribution in [0.1, 0.15) is 66.0 Å². The smallest absolute Gasteiger partial charge is 0.405 e. The third-order valence-corrected chi connectivity index (χ3v) is 5.48. The van der Waals surface area contributed by atoms with Crippen molar-refractivity contribution in [3.05, 3.63) is 47.7 Å². The Morgan fingerprint density at radius 1 is 1.12 bits per heavy atom. The molecule has 0 aliphatic rings. The second-order valence-corrected chi connectivity index (χ2v) is 9.87. The van der Waals surface area contributed by atoms with Gasteiger partial charge in [-0.05, 0) is 36.1 Å². The van der Waals surface area contributed by atoms with Gasteiger partial charge in [-0.15, -0.1) is 0 Å². The summed E-state index contributed by atoms with van der Waals surface area (Å²) in [5.41, 5.74) is 4.70. The number of rotatable bonds is 6. The Balaban J connectivity index is 2.27. The molecule has 2 rings (SSSR count). The van der Waals surface area contributed by atoms with E-state index in [-0.39, 0.29) is 11.8 Å². The molecule has 2 aromatic rings. The van der Waals surface area contributed by atoms with Gasteiger partial charge in [0, 0.05) is 17.0 Å². The molecule has 0 radical (unpaired) electrons. The Labute approximate surface area is 195 Å². The van der Waals surface area contributed by atoms with Crippen LogP contribution in [0.2, 0.25) is 0 Å². The predicted octanol–water partition coefficient (Wildman–Crippen LogP) is 5.27. The number of primary amides is 1. The number of hydrogen-bond acceptors (Lipinski definition) is 6. The predicted molar refractivity (Wildman–Crippen MR) is 126 cm³/mol. The molecule has 1 aromatic carbocycles. The second-order valence-electron chi connectivity index (χ2n) is 9.87. The van der Waals surface area contributed by atoms with Crippen molar-refractivity contribution in [2.24, 2.45) is 11.1 Å². The van der Waals surface area contributed by atoms with Gasteiger partial charge in [-0.2, -0.15) is 5.26 Å². The number of amides is 2. The zero-order valence-corrected chi connectivity index (χ0v) is 20.3. The number of anilines is 1. The number of ether oxygens (including phenoxy) is 2. The maximum absolute atomic E-state index is 13.1. The molecule has 0 fully saturated rings. The number of nitrogens with zero attached hydrogens (tertiary/aromatic N) is 2. The first-order valence-electron chi connectivity index (χ1n) is 10.7. The monoisotopic (exact) mass is 452 g/mol. The summed E-state index contributed by atoms with van der Waals surface area (Å²) in [6.45, 7) is 13.3. The van der Waals surface area contributed by atoms with E-state index in [0.717, 1.165) is 5.56 Å². The molecule has 33 heavy (non-hydrogen) atoms. The van der Waals surface area contributed by atoms with Gasteiger partial charge in [0.15, 0.2) is 5.60 Å². The van der Waals surface area contributed by atoms with Gasteiger partial charge in [0.2, 0.25) is 5.88 Å². The Kier molecular flexibility index (Phi) is 7.38. The molecular formula is C25H32N4O4. The number of hydrogen-bond donors (Lipinski definition) is 2. The molecule has 176 valence electrons. The van der Waals surface area contributed by atoms with Gasteiger partial charge < -0.3 is 20.5 Å². The summed E-state index contributed by atoms with van der Waals surface area (Å²) in [5, 5.41) is 12.0. The van der Waals surface area contributed by atoms with Crippen molar-refractivity contribution in [1.29, 1.82) is 5.26 Å². The van der Waals surface area contributed by atoms with Gasteiger partial charge in [0.1, 0.15) is 5.75 Å². The molecule has 8 nitrogen and oxygen atoms in total. The summed E-state index contributed by atoms with van der Waals surface area (Å²) in [4.78, 5) is 28.9. The molecule has 0 bridgehead atoms. The molecule has 0 spiro atoms. The fourth-order valence-electron chi connectivity index (χ4n) is 3.61. The van der Waals surface area contributed by atoms with Crippen LogP contribution in [-0.2, 0) is 14.9 Å². The fourth-order valence-corrected chi connectivity index (χ4v) is 3.61. The quantitative estimate of drug-likeness (QED) is 0.614. The maximum atomic E-state index is 13.1. The first kappa shape index (κ1) is 25.7. The summed E-state index contributed by atoms with van der Waals surface area (Å²) in [7, 11) is 0. The van der Waals surface area contributed by atoms with E-state index >= 15 is 0 Å². The third-order valence-electron chi connectivity index (χ3n) is 5.48. The molecule has 1 heterocycles. The lowest BCUT2D eigenvalue weighted by Crippen LogP contribution is -2.56. The van der Waals surface area contributed by atoms with E-state index in [1.54, 1.807) is 58.0 Å². The van der Waals surface area contributed by atoms with Crippen LogP contribution in [0, 0.1) is 16.7 Å². The highest BCUT2D eigenvalue weighted by Gasteiger charge is 2.50. The van der Waals surface area contributed by atoms with Crippen LogP contribution >= 0.6 is 0 Å². The highest BCUT2D eigenvalue weighted by atomic mass is 16.6. The minimum atomic E-state index is -1.45. The topological polar surface area (TPSA) is 127 Å². The van der Waals surface area contributed by atoms with Crippen LogP contribution in [0.5, 0.6) is 11.6 Å². The summed E-state index contributed by atoms with van der Waals surface area (Å²) in [6, 6.07) is 10.7. The van der Waals surface area contributed by atoms with E-state index in [1.807, 2.05) is 20.8 Å². The average molecular weight is 453 g/mol. The number of nitriles is 1. The highest BCUT2D eigenvalue weighted by Crippen LogP contribution is 2.38. The van der Waals surface area contributed by atoms with Gasteiger partial charge in [-0.1, -0.05) is 48.5 Å². The molecule has 3 N–H and O–H groups in total. The normalized spacial score (nSPS) is 13.4. The zero-order valence-electron chi connectivity index (χ0n) is 20.3. The van der Waals surface area contributed by atoms with E-state index in [4.69, 9.17) is 15.2 Å². The first-order chi connectivity index (χ1) is 15.2. The maximum Gasteiger partial charge on any atom is 0.405 e. The van der Waals surface area contributed by atoms with Crippen molar-refractivity contribution in [1.82, 2.24) is 4.98 Å². The zero-order chi connectivity index (χ0) is 25.0. The minimum Gasteiger partial charge on any atom is -0.439 e. The van der Waals surface area contributed by atoms with Crippen LogP contribution < -0.4 is 15.8 Å². The highest BCUT2D eigenvalue weighted by molar-refractivity contribution is 5.99. The molecule has 0 saturated heterocycles. The van der Waals surface area contributed by atoms with Gasteiger partial charge in [0.25, 0.3) is 5.91 Å². The number of nitrogens with one attached hydrogen (secondary N) is 1. The lowest BCUT2D eigenvalue weighted by molar-refractivity contribution is -0.146. The molecule has 0 aliphatic heterocycles. The fraction of sp³-hybridized carbons (Fsp3) is 0.440. The van der Waals surface area contributed by atoms with E-state index in [0.29, 0.717) is 22.9 Å². The summed E-state index contributed by atoms with van der Waals surface area (Å²) >= 11 is 0. The first-order valence-corrected chi connectivity index (χ1v) is 10.7. The number of carbonyl (C=O) groups excluding carboxylic acids is 2. The molecule has 0 aliphatic carbocycles. The number of carbonyl (C=O) groups is 2. The number of pyridine rings is 1. The molecule has 2 amide bonds. The van der Waals surface area contributed by atoms with Gasteiger partial charge in [0.05, 0.1) is 23.5 Å². The van der Waals surface area contributed by atoms with Crippen molar-refractivity contribution in [2.75, 3.05) is 5.32 Å². The largest absolute Gasteiger partial charge is 0.439 e. The number of nitrogens with two attached hydrogens (primary N) is 1. The SMILES string of the molecule is CC[C@](OC(N)=O)(C(=O)Nc1ccc(Oc2ccc(C#N)cc2C(C)(C)C)nc1)C(C)(C)C.